The average Bonchev–Trinajstić information content (AvgIpc) is 2.58. The van der Waals surface area contributed by atoms with Crippen LogP contribution in [0.1, 0.15) is 28.7 Å². The van der Waals surface area contributed by atoms with Gasteiger partial charge in [0.1, 0.15) is 9.67 Å². The molecule has 122 valence electrons. The van der Waals surface area contributed by atoms with Crippen LogP contribution in [0.4, 0.5) is 0 Å². The fourth-order valence-corrected chi connectivity index (χ4v) is 2.63. The second-order valence-corrected chi connectivity index (χ2v) is 6.99. The number of allylic oxidation sites excluding steroid dienone is 1. The van der Waals surface area contributed by atoms with Gasteiger partial charge < -0.3 is 4.74 Å². The Labute approximate surface area is 156 Å². The van der Waals surface area contributed by atoms with Crippen molar-refractivity contribution in [3.8, 4) is 11.8 Å². The van der Waals surface area contributed by atoms with Crippen LogP contribution < -0.4 is 4.74 Å². The molecule has 0 aliphatic heterocycles. The van der Waals surface area contributed by atoms with E-state index in [1.807, 2.05) is 56.3 Å². The minimum Gasteiger partial charge on any atom is -0.425 e. The van der Waals surface area contributed by atoms with Crippen LogP contribution in [-0.2, 0) is 4.79 Å². The fraction of sp³-hybridized carbons (Fsp3) is 0.200. The van der Waals surface area contributed by atoms with E-state index in [2.05, 4.69) is 28.7 Å². The number of para-hydroxylation sites is 1. The Hall–Kier alpha value is -2.13. The summed E-state index contributed by atoms with van der Waals surface area (Å²) in [4.78, 5) is 12.2. The van der Waals surface area contributed by atoms with Gasteiger partial charge in [-0.25, -0.2) is 0 Å². The molecule has 2 rings (SSSR count). The van der Waals surface area contributed by atoms with Gasteiger partial charge in [0.2, 0.25) is 0 Å². The molecule has 0 spiro atoms. The lowest BCUT2D eigenvalue weighted by Crippen LogP contribution is -2.20. The number of halogens is 1. The number of nitrogens with zero attached hydrogens (tertiary/aromatic N) is 1. The van der Waals surface area contributed by atoms with Crippen LogP contribution in [0.15, 0.2) is 48.5 Å². The van der Waals surface area contributed by atoms with Crippen LogP contribution in [0.25, 0.3) is 6.08 Å². The molecule has 0 amide bonds. The van der Waals surface area contributed by atoms with Crippen molar-refractivity contribution in [1.29, 1.82) is 5.26 Å². The third kappa shape index (κ3) is 4.93. The van der Waals surface area contributed by atoms with Crippen molar-refractivity contribution < 1.29 is 9.53 Å². The van der Waals surface area contributed by atoms with Gasteiger partial charge in [0, 0.05) is 0 Å². The summed E-state index contributed by atoms with van der Waals surface area (Å²) in [6, 6.07) is 15.2. The van der Waals surface area contributed by atoms with Crippen molar-refractivity contribution in [3.05, 3.63) is 70.8 Å². The molecule has 0 radical (unpaired) electrons. The van der Waals surface area contributed by atoms with Crippen molar-refractivity contribution >= 4 is 34.6 Å². The second kappa shape index (κ2) is 8.65. The molecule has 0 N–H and O–H groups in total. The molecule has 0 aromatic heterocycles. The van der Waals surface area contributed by atoms with E-state index in [4.69, 9.17) is 10.00 Å². The van der Waals surface area contributed by atoms with E-state index >= 15 is 0 Å². The SMILES string of the molecule is Cc1cccc(C)c1OC(=O)C(I)C/C=C/c1ccc(C#N)cc1. The number of hydrogen-bond donors (Lipinski definition) is 0. The standard InChI is InChI=1S/C20H18INO2/c1-14-5-3-6-15(2)19(14)24-20(23)18(21)8-4-7-16-9-11-17(13-22)12-10-16/h3-7,9-12,18H,8H2,1-2H3/b7-4+. The molecule has 0 aliphatic rings. The summed E-state index contributed by atoms with van der Waals surface area (Å²) in [5.74, 6) is 0.415. The normalized spacial score (nSPS) is 11.9. The molecule has 4 heteroatoms. The van der Waals surface area contributed by atoms with E-state index < -0.39 is 0 Å². The largest absolute Gasteiger partial charge is 0.425 e. The summed E-state index contributed by atoms with van der Waals surface area (Å²) in [5.41, 5.74) is 3.55. The van der Waals surface area contributed by atoms with Gasteiger partial charge in [-0.3, -0.25) is 4.79 Å². The Morgan fingerprint density at radius 1 is 1.21 bits per heavy atom. The molecule has 0 bridgehead atoms. The van der Waals surface area contributed by atoms with E-state index in [1.54, 1.807) is 12.1 Å². The number of rotatable bonds is 5. The minimum atomic E-state index is -0.253. The highest BCUT2D eigenvalue weighted by molar-refractivity contribution is 14.1. The lowest BCUT2D eigenvalue weighted by molar-refractivity contribution is -0.133. The highest BCUT2D eigenvalue weighted by Gasteiger charge is 2.17. The van der Waals surface area contributed by atoms with Crippen LogP contribution in [0.2, 0.25) is 0 Å². The highest BCUT2D eigenvalue weighted by Crippen LogP contribution is 2.24. The summed E-state index contributed by atoms with van der Waals surface area (Å²) in [6.45, 7) is 3.87. The summed E-state index contributed by atoms with van der Waals surface area (Å²) in [6.07, 6.45) is 4.48. The molecule has 0 aliphatic carbocycles. The average molecular weight is 431 g/mol. The number of nitriles is 1. The van der Waals surface area contributed by atoms with Crippen molar-refractivity contribution in [3.63, 3.8) is 0 Å². The number of alkyl halides is 1. The second-order valence-electron chi connectivity index (χ2n) is 5.48. The monoisotopic (exact) mass is 431 g/mol. The van der Waals surface area contributed by atoms with Gasteiger partial charge in [0.15, 0.2) is 0 Å². The van der Waals surface area contributed by atoms with E-state index in [1.165, 1.54) is 0 Å². The summed E-state index contributed by atoms with van der Waals surface area (Å²) in [5, 5.41) is 8.78. The number of carbonyl (C=O) groups is 1. The zero-order valence-electron chi connectivity index (χ0n) is 13.6. The molecule has 0 heterocycles. The minimum absolute atomic E-state index is 0.238. The van der Waals surface area contributed by atoms with Crippen LogP contribution in [0.3, 0.4) is 0 Å². The third-order valence-electron chi connectivity index (χ3n) is 3.56. The molecule has 2 aromatic carbocycles. The van der Waals surface area contributed by atoms with Crippen LogP contribution in [0.5, 0.6) is 5.75 Å². The van der Waals surface area contributed by atoms with Gasteiger partial charge in [0.05, 0.1) is 11.6 Å². The van der Waals surface area contributed by atoms with Gasteiger partial charge in [-0.1, -0.05) is 65.1 Å². The van der Waals surface area contributed by atoms with E-state index in [-0.39, 0.29) is 9.89 Å². The Kier molecular flexibility index (Phi) is 6.56. The van der Waals surface area contributed by atoms with E-state index in [9.17, 15) is 4.79 Å². The zero-order chi connectivity index (χ0) is 17.5. The maximum atomic E-state index is 12.2. The summed E-state index contributed by atoms with van der Waals surface area (Å²) < 4.78 is 5.30. The molecule has 0 fully saturated rings. The summed E-state index contributed by atoms with van der Waals surface area (Å²) >= 11 is 2.10. The number of benzene rings is 2. The first-order valence-electron chi connectivity index (χ1n) is 7.60. The maximum absolute atomic E-state index is 12.2. The molecule has 1 atom stereocenters. The number of carbonyl (C=O) groups excluding carboxylic acids is 1. The first kappa shape index (κ1) is 18.2. The predicted octanol–water partition coefficient (Wildman–Crippen LogP) is 4.99. The van der Waals surface area contributed by atoms with Crippen LogP contribution in [-0.4, -0.2) is 9.89 Å². The third-order valence-corrected chi connectivity index (χ3v) is 4.58. The van der Waals surface area contributed by atoms with Crippen molar-refractivity contribution in [2.24, 2.45) is 0 Å². The number of hydrogen-bond acceptors (Lipinski definition) is 3. The first-order chi connectivity index (χ1) is 11.5. The molecule has 2 aromatic rings. The molecule has 24 heavy (non-hydrogen) atoms. The highest BCUT2D eigenvalue weighted by atomic mass is 127. The van der Waals surface area contributed by atoms with Gasteiger partial charge in [0.25, 0.3) is 0 Å². The number of esters is 1. The molecular formula is C20H18INO2. The quantitative estimate of drug-likeness (QED) is 0.290. The Morgan fingerprint density at radius 2 is 1.83 bits per heavy atom. The van der Waals surface area contributed by atoms with Gasteiger partial charge in [-0.2, -0.15) is 5.26 Å². The van der Waals surface area contributed by atoms with E-state index in [0.717, 1.165) is 16.7 Å². The smallest absolute Gasteiger partial charge is 0.324 e. The Balaban J connectivity index is 1.94. The molecule has 0 saturated carbocycles. The number of aryl methyl sites for hydroxylation is 2. The van der Waals surface area contributed by atoms with Crippen LogP contribution >= 0.6 is 22.6 Å². The summed E-state index contributed by atoms with van der Waals surface area (Å²) in [7, 11) is 0. The predicted molar refractivity (Wildman–Crippen MR) is 104 cm³/mol. The Morgan fingerprint density at radius 3 is 2.42 bits per heavy atom. The lowest BCUT2D eigenvalue weighted by Gasteiger charge is -2.12. The van der Waals surface area contributed by atoms with Crippen LogP contribution in [0, 0.1) is 25.2 Å². The molecular weight excluding hydrogens is 413 g/mol. The zero-order valence-corrected chi connectivity index (χ0v) is 15.8. The van der Waals surface area contributed by atoms with E-state index in [0.29, 0.717) is 17.7 Å². The maximum Gasteiger partial charge on any atom is 0.324 e. The van der Waals surface area contributed by atoms with Crippen molar-refractivity contribution in [1.82, 2.24) is 0 Å². The van der Waals surface area contributed by atoms with Crippen molar-refractivity contribution in [2.45, 2.75) is 24.2 Å². The first-order valence-corrected chi connectivity index (χ1v) is 8.84. The Bertz CT molecular complexity index is 768. The fourth-order valence-electron chi connectivity index (χ4n) is 2.21. The lowest BCUT2D eigenvalue weighted by atomic mass is 10.1. The van der Waals surface area contributed by atoms with Gasteiger partial charge >= 0.3 is 5.97 Å². The van der Waals surface area contributed by atoms with Crippen molar-refractivity contribution in [2.75, 3.05) is 0 Å². The van der Waals surface area contributed by atoms with Gasteiger partial charge in [-0.05, 0) is 49.1 Å². The van der Waals surface area contributed by atoms with Gasteiger partial charge in [-0.15, -0.1) is 0 Å². The molecule has 3 nitrogen and oxygen atoms in total. The topological polar surface area (TPSA) is 50.1 Å². The molecule has 0 saturated heterocycles. The number of ether oxygens (including phenoxy) is 1. The molecule has 1 unspecified atom stereocenters.